The highest BCUT2D eigenvalue weighted by molar-refractivity contribution is 9.11. The smallest absolute Gasteiger partial charge is 0.335 e. The van der Waals surface area contributed by atoms with Crippen molar-refractivity contribution in [3.8, 4) is 11.5 Å². The van der Waals surface area contributed by atoms with Crippen molar-refractivity contribution in [2.24, 2.45) is 0 Å². The van der Waals surface area contributed by atoms with Gasteiger partial charge in [0, 0.05) is 0 Å². The van der Waals surface area contributed by atoms with Gasteiger partial charge in [0.25, 0.3) is 11.8 Å². The van der Waals surface area contributed by atoms with Crippen LogP contribution >= 0.6 is 31.9 Å². The van der Waals surface area contributed by atoms with Crippen molar-refractivity contribution in [3.05, 3.63) is 105 Å². The molecule has 0 radical (unpaired) electrons. The molecule has 0 saturated carbocycles. The Morgan fingerprint density at radius 3 is 2.28 bits per heavy atom. The topological polar surface area (TPSA) is 84.9 Å². The molecule has 1 aliphatic rings. The van der Waals surface area contributed by atoms with Crippen LogP contribution in [0.5, 0.6) is 11.5 Å². The van der Waals surface area contributed by atoms with Crippen molar-refractivity contribution >= 4 is 72.2 Å². The number of nitrogens with zero attached hydrogens (tertiary/aromatic N) is 1. The summed E-state index contributed by atoms with van der Waals surface area (Å²) in [5.74, 6) is -0.307. The molecule has 0 aromatic heterocycles. The number of halogens is 2. The van der Waals surface area contributed by atoms with Crippen LogP contribution in [0.2, 0.25) is 0 Å². The van der Waals surface area contributed by atoms with Gasteiger partial charge in [-0.05, 0) is 103 Å². The lowest BCUT2D eigenvalue weighted by molar-refractivity contribution is -0.122. The molecule has 4 aromatic carbocycles. The van der Waals surface area contributed by atoms with Crippen LogP contribution in [0, 0.1) is 0 Å². The number of benzene rings is 4. The lowest BCUT2D eigenvalue weighted by Crippen LogP contribution is -2.54. The third-order valence-corrected chi connectivity index (χ3v) is 7.27. The molecule has 4 aromatic rings. The van der Waals surface area contributed by atoms with E-state index in [0.717, 1.165) is 21.2 Å². The van der Waals surface area contributed by atoms with E-state index in [1.54, 1.807) is 36.4 Å². The van der Waals surface area contributed by atoms with E-state index >= 15 is 0 Å². The van der Waals surface area contributed by atoms with Crippen LogP contribution in [0.25, 0.3) is 16.8 Å². The molecular weight excluding hydrogens is 628 g/mol. The molecule has 7 nitrogen and oxygen atoms in total. The van der Waals surface area contributed by atoms with Crippen LogP contribution in [0.3, 0.4) is 0 Å². The summed E-state index contributed by atoms with van der Waals surface area (Å²) in [4.78, 5) is 39.3. The number of hydrogen-bond acceptors (Lipinski definition) is 5. The first-order valence-corrected chi connectivity index (χ1v) is 13.7. The zero-order valence-corrected chi connectivity index (χ0v) is 23.9. The summed E-state index contributed by atoms with van der Waals surface area (Å²) >= 11 is 7.10. The number of rotatable bonds is 7. The van der Waals surface area contributed by atoms with Gasteiger partial charge in [-0.3, -0.25) is 14.9 Å². The molecule has 0 aliphatic carbocycles. The summed E-state index contributed by atoms with van der Waals surface area (Å²) in [6.45, 7) is 2.69. The van der Waals surface area contributed by atoms with E-state index in [-0.39, 0.29) is 5.57 Å². The normalized spacial score (nSPS) is 14.6. The monoisotopic (exact) mass is 648 g/mol. The second-order valence-electron chi connectivity index (χ2n) is 8.63. The molecule has 4 amide bonds. The van der Waals surface area contributed by atoms with E-state index in [1.165, 1.54) is 6.08 Å². The third kappa shape index (κ3) is 5.60. The third-order valence-electron chi connectivity index (χ3n) is 6.09. The zero-order chi connectivity index (χ0) is 27.5. The maximum Gasteiger partial charge on any atom is 0.335 e. The Morgan fingerprint density at radius 1 is 0.872 bits per heavy atom. The molecule has 0 spiro atoms. The second kappa shape index (κ2) is 11.4. The summed E-state index contributed by atoms with van der Waals surface area (Å²) in [7, 11) is 0. The van der Waals surface area contributed by atoms with Crippen molar-refractivity contribution in [2.45, 2.75) is 13.5 Å². The molecule has 5 rings (SSSR count). The van der Waals surface area contributed by atoms with Gasteiger partial charge in [-0.2, -0.15) is 0 Å². The summed E-state index contributed by atoms with van der Waals surface area (Å²) < 4.78 is 12.8. The first-order valence-electron chi connectivity index (χ1n) is 12.1. The molecule has 0 atom stereocenters. The molecule has 0 bridgehead atoms. The van der Waals surface area contributed by atoms with Gasteiger partial charge >= 0.3 is 6.03 Å². The van der Waals surface area contributed by atoms with Crippen molar-refractivity contribution in [2.75, 3.05) is 11.5 Å². The largest absolute Gasteiger partial charge is 0.494 e. The van der Waals surface area contributed by atoms with Crippen LogP contribution in [0.15, 0.2) is 93.4 Å². The minimum Gasteiger partial charge on any atom is -0.494 e. The number of urea groups is 1. The molecule has 1 fully saturated rings. The van der Waals surface area contributed by atoms with Crippen molar-refractivity contribution in [1.82, 2.24) is 5.32 Å². The second-order valence-corrected chi connectivity index (χ2v) is 10.3. The van der Waals surface area contributed by atoms with Crippen LogP contribution in [0.4, 0.5) is 10.5 Å². The van der Waals surface area contributed by atoms with Gasteiger partial charge in [-0.25, -0.2) is 9.69 Å². The Bertz CT molecular complexity index is 1600. The van der Waals surface area contributed by atoms with E-state index in [4.69, 9.17) is 9.47 Å². The summed E-state index contributed by atoms with van der Waals surface area (Å²) in [5.41, 5.74) is 1.75. The molecule has 1 saturated heterocycles. The van der Waals surface area contributed by atoms with E-state index in [1.807, 2.05) is 31.2 Å². The number of nitrogens with one attached hydrogen (secondary N) is 1. The fourth-order valence-electron chi connectivity index (χ4n) is 4.29. The average molecular weight is 650 g/mol. The molecule has 0 unspecified atom stereocenters. The maximum atomic E-state index is 13.3. The average Bonchev–Trinajstić information content (AvgIpc) is 2.91. The number of barbiturate groups is 1. The van der Waals surface area contributed by atoms with Crippen molar-refractivity contribution in [3.63, 3.8) is 0 Å². The van der Waals surface area contributed by atoms with E-state index in [9.17, 15) is 14.4 Å². The first kappa shape index (κ1) is 26.6. The SMILES string of the molecule is CCOc1ccc(N2C(=O)NC(=O)/C(=C\c3cc(Br)c(OCc4cccc5ccccc45)c(Br)c3)C2=O)cc1. The standard InChI is InChI=1S/C30H22Br2N2O5/c1-2-38-22-12-10-21(11-13-22)34-29(36)24(28(35)33-30(34)37)14-18-15-25(31)27(26(32)16-18)39-17-20-8-5-7-19-6-3-4-9-23(19)20/h3-16H,2,17H2,1H3,(H,33,35,37)/b24-14+. The van der Waals surface area contributed by atoms with E-state index in [2.05, 4.69) is 55.4 Å². The fourth-order valence-corrected chi connectivity index (χ4v) is 5.74. The predicted octanol–water partition coefficient (Wildman–Crippen LogP) is 7.01. The molecule has 1 N–H and O–H groups in total. The van der Waals surface area contributed by atoms with Gasteiger partial charge in [-0.1, -0.05) is 42.5 Å². The number of carbonyl (C=O) groups excluding carboxylic acids is 3. The molecule has 1 heterocycles. The minimum atomic E-state index is -0.814. The van der Waals surface area contributed by atoms with Crippen LogP contribution in [-0.4, -0.2) is 24.5 Å². The number of hydrogen-bond donors (Lipinski definition) is 1. The fraction of sp³-hybridized carbons (Fsp3) is 0.100. The number of imide groups is 2. The molecule has 196 valence electrons. The number of carbonyl (C=O) groups is 3. The number of anilines is 1. The minimum absolute atomic E-state index is 0.174. The Labute approximate surface area is 241 Å². The number of ether oxygens (including phenoxy) is 2. The van der Waals surface area contributed by atoms with Crippen molar-refractivity contribution in [1.29, 1.82) is 0 Å². The summed E-state index contributed by atoms with van der Waals surface area (Å²) in [5, 5.41) is 4.49. The van der Waals surface area contributed by atoms with Crippen molar-refractivity contribution < 1.29 is 23.9 Å². The predicted molar refractivity (Wildman–Crippen MR) is 157 cm³/mol. The highest BCUT2D eigenvalue weighted by Gasteiger charge is 2.36. The maximum absolute atomic E-state index is 13.3. The molecule has 1 aliphatic heterocycles. The van der Waals surface area contributed by atoms with Gasteiger partial charge in [0.05, 0.1) is 21.2 Å². The Hall–Kier alpha value is -3.95. The van der Waals surface area contributed by atoms with Gasteiger partial charge in [0.1, 0.15) is 23.7 Å². The number of fused-ring (bicyclic) bond motifs is 1. The molecule has 9 heteroatoms. The number of amides is 4. The Morgan fingerprint density at radius 2 is 1.56 bits per heavy atom. The van der Waals surface area contributed by atoms with Crippen LogP contribution in [0.1, 0.15) is 18.1 Å². The van der Waals surface area contributed by atoms with E-state index < -0.39 is 17.8 Å². The molecule has 39 heavy (non-hydrogen) atoms. The highest BCUT2D eigenvalue weighted by atomic mass is 79.9. The van der Waals surface area contributed by atoms with Crippen LogP contribution in [-0.2, 0) is 16.2 Å². The van der Waals surface area contributed by atoms with Gasteiger partial charge < -0.3 is 9.47 Å². The van der Waals surface area contributed by atoms with Gasteiger partial charge in [0.2, 0.25) is 0 Å². The first-order chi connectivity index (χ1) is 18.9. The summed E-state index contributed by atoms with van der Waals surface area (Å²) in [6.07, 6.45) is 1.44. The van der Waals surface area contributed by atoms with Crippen LogP contribution < -0.4 is 19.7 Å². The lowest BCUT2D eigenvalue weighted by atomic mass is 10.1. The van der Waals surface area contributed by atoms with E-state index in [0.29, 0.717) is 44.9 Å². The summed E-state index contributed by atoms with van der Waals surface area (Å²) in [6, 6.07) is 23.3. The Balaban J connectivity index is 1.39. The quantitative estimate of drug-likeness (QED) is 0.172. The highest BCUT2D eigenvalue weighted by Crippen LogP contribution is 2.37. The molecular formula is C30H22Br2N2O5. The Kier molecular flexibility index (Phi) is 7.81. The zero-order valence-electron chi connectivity index (χ0n) is 20.7. The van der Waals surface area contributed by atoms with Gasteiger partial charge in [0.15, 0.2) is 0 Å². The lowest BCUT2D eigenvalue weighted by Gasteiger charge is -2.26. The van der Waals surface area contributed by atoms with Gasteiger partial charge in [-0.15, -0.1) is 0 Å².